The van der Waals surface area contributed by atoms with Crippen LogP contribution in [0.25, 0.3) is 21.4 Å². The van der Waals surface area contributed by atoms with E-state index in [-0.39, 0.29) is 22.6 Å². The Labute approximate surface area is 248 Å². The van der Waals surface area contributed by atoms with E-state index < -0.39 is 47.4 Å². The minimum Gasteiger partial charge on any atom is -0.508 e. The first-order valence-electron chi connectivity index (χ1n) is 12.7. The van der Waals surface area contributed by atoms with E-state index in [1.807, 2.05) is 6.92 Å². The van der Waals surface area contributed by atoms with Crippen molar-refractivity contribution < 1.29 is 22.8 Å². The van der Waals surface area contributed by atoms with E-state index in [2.05, 4.69) is 20.5 Å². The number of fused-ring (bicyclic) bond motifs is 1. The summed E-state index contributed by atoms with van der Waals surface area (Å²) >= 11 is 0. The molecular weight excluding hydrogens is 588 g/mol. The Morgan fingerprint density at radius 3 is 1.82 bits per heavy atom. The van der Waals surface area contributed by atoms with Crippen LogP contribution in [0.4, 0.5) is 0 Å². The number of benzene rings is 5. The molecule has 0 aliphatic carbocycles. The van der Waals surface area contributed by atoms with Crippen molar-refractivity contribution in [3.63, 3.8) is 0 Å². The van der Waals surface area contributed by atoms with Crippen molar-refractivity contribution in [1.82, 2.24) is 0 Å². The Kier molecular flexibility index (Phi) is 7.56. The molecule has 2 N–H and O–H groups in total. The molecule has 44 heavy (non-hydrogen) atoms. The SMILES string of the molecule is CC(c1ccc(O)cc1)(c1ccc(O)cc1)c1ccc(OS(=O)(=O)c2cccc3c(=O)c(=O)c(=NN=[N-])c(=N[N+]#N)c23)cc1. The summed E-state index contributed by atoms with van der Waals surface area (Å²) in [6.45, 7) is 1.93. The summed E-state index contributed by atoms with van der Waals surface area (Å²) < 4.78 is 32.5. The van der Waals surface area contributed by atoms with Crippen LogP contribution in [0.3, 0.4) is 0 Å². The summed E-state index contributed by atoms with van der Waals surface area (Å²) in [5.74, 6) is 0.0535. The summed E-state index contributed by atoms with van der Waals surface area (Å²) in [4.78, 5) is 24.6. The van der Waals surface area contributed by atoms with Crippen LogP contribution < -0.4 is 25.8 Å². The van der Waals surface area contributed by atoms with Gasteiger partial charge in [0, 0.05) is 16.2 Å². The highest BCUT2D eigenvalue weighted by Gasteiger charge is 2.32. The Morgan fingerprint density at radius 2 is 1.32 bits per heavy atom. The van der Waals surface area contributed by atoms with Crippen molar-refractivity contribution in [2.24, 2.45) is 15.4 Å². The van der Waals surface area contributed by atoms with E-state index >= 15 is 0 Å². The molecule has 14 heteroatoms. The van der Waals surface area contributed by atoms with Gasteiger partial charge in [0.15, 0.2) is 10.5 Å². The zero-order valence-corrected chi connectivity index (χ0v) is 23.5. The lowest BCUT2D eigenvalue weighted by Gasteiger charge is -2.32. The van der Waals surface area contributed by atoms with Crippen LogP contribution in [0.15, 0.2) is 121 Å². The van der Waals surface area contributed by atoms with E-state index in [9.17, 15) is 28.2 Å². The first kappa shape index (κ1) is 29.4. The van der Waals surface area contributed by atoms with Crippen molar-refractivity contribution >= 4 is 20.9 Å². The molecule has 5 rings (SSSR count). The number of phenols is 2. The largest absolute Gasteiger partial charge is 0.508 e. The van der Waals surface area contributed by atoms with Gasteiger partial charge in [-0.15, -0.1) is 0 Å². The molecule has 0 heterocycles. The molecule has 0 saturated carbocycles. The fourth-order valence-corrected chi connectivity index (χ4v) is 6.17. The minimum absolute atomic E-state index is 0.0786. The van der Waals surface area contributed by atoms with Crippen LogP contribution in [0.2, 0.25) is 0 Å². The summed E-state index contributed by atoms with van der Waals surface area (Å²) in [6.07, 6.45) is 0. The van der Waals surface area contributed by atoms with Crippen LogP contribution in [0.5, 0.6) is 17.2 Å². The Morgan fingerprint density at radius 1 is 0.795 bits per heavy atom. The molecule has 0 aromatic heterocycles. The molecule has 0 saturated heterocycles. The highest BCUT2D eigenvalue weighted by Crippen LogP contribution is 2.40. The molecule has 5 aromatic carbocycles. The van der Waals surface area contributed by atoms with Crippen LogP contribution in [-0.4, -0.2) is 18.6 Å². The van der Waals surface area contributed by atoms with Gasteiger partial charge in [0.05, 0.1) is 5.36 Å². The van der Waals surface area contributed by atoms with Crippen molar-refractivity contribution in [2.75, 3.05) is 0 Å². The number of hydrogen-bond donors (Lipinski definition) is 2. The second kappa shape index (κ2) is 11.3. The van der Waals surface area contributed by atoms with Gasteiger partial charge < -0.3 is 25.0 Å². The molecule has 0 aliphatic heterocycles. The fraction of sp³-hybridized carbons (Fsp3) is 0.0667. The maximum absolute atomic E-state index is 13.5. The highest BCUT2D eigenvalue weighted by atomic mass is 32.2. The average Bonchev–Trinajstić information content (AvgIpc) is 3.01. The van der Waals surface area contributed by atoms with Crippen molar-refractivity contribution in [3.05, 3.63) is 149 Å². The lowest BCUT2D eigenvalue weighted by molar-refractivity contribution is 0.474. The van der Waals surface area contributed by atoms with Crippen molar-refractivity contribution in [3.8, 4) is 17.2 Å². The van der Waals surface area contributed by atoms with Crippen LogP contribution in [-0.2, 0) is 15.5 Å². The van der Waals surface area contributed by atoms with E-state index in [0.29, 0.717) is 5.56 Å². The highest BCUT2D eigenvalue weighted by molar-refractivity contribution is 7.87. The summed E-state index contributed by atoms with van der Waals surface area (Å²) in [7, 11) is -4.72. The van der Waals surface area contributed by atoms with Gasteiger partial charge in [-0.2, -0.15) is 8.42 Å². The van der Waals surface area contributed by atoms with E-state index in [4.69, 9.17) is 15.1 Å². The lowest BCUT2D eigenvalue weighted by atomic mass is 9.71. The van der Waals surface area contributed by atoms with Gasteiger partial charge in [-0.3, -0.25) is 14.8 Å². The smallest absolute Gasteiger partial charge is 0.339 e. The molecule has 0 atom stereocenters. The van der Waals surface area contributed by atoms with Gasteiger partial charge >= 0.3 is 15.2 Å². The molecule has 0 aliphatic rings. The van der Waals surface area contributed by atoms with Gasteiger partial charge in [0.2, 0.25) is 10.9 Å². The van der Waals surface area contributed by atoms with Gasteiger partial charge in [-0.05, 0) is 66.1 Å². The molecule has 218 valence electrons. The average molecular weight is 609 g/mol. The van der Waals surface area contributed by atoms with Gasteiger partial charge in [-0.1, -0.05) is 48.5 Å². The number of rotatable bonds is 7. The maximum atomic E-state index is 13.5. The Balaban J connectivity index is 1.63. The van der Waals surface area contributed by atoms with E-state index in [1.54, 1.807) is 60.7 Å². The minimum atomic E-state index is -4.72. The topological polar surface area (TPSA) is 206 Å². The number of hydrogen-bond acceptors (Lipinski definition) is 10. The first-order valence-corrected chi connectivity index (χ1v) is 14.1. The van der Waals surface area contributed by atoms with Crippen LogP contribution in [0.1, 0.15) is 23.6 Å². The number of phenolic OH excluding ortho intramolecular Hbond substituents is 2. The molecular formula is C30H20N6O7S. The molecule has 0 amide bonds. The Bertz CT molecular complexity index is 2260. The van der Waals surface area contributed by atoms with Crippen molar-refractivity contribution in [2.45, 2.75) is 17.2 Å². The standard InChI is InChI=1S/C30H20N6O7S/c1-30(17-5-11-20(37)12-6-17,18-7-13-21(38)14-8-18)19-9-15-22(16-10-19)43-44(41,42)24-4-2-3-23-25(24)26(33-35-31)27(34-36-32)29(40)28(23)39/h2-16,37-38H,1H3. The predicted molar refractivity (Wildman–Crippen MR) is 157 cm³/mol. The van der Waals surface area contributed by atoms with E-state index in [1.165, 1.54) is 24.3 Å². The second-order valence-corrected chi connectivity index (χ2v) is 11.2. The molecule has 0 spiro atoms. The Hall–Kier alpha value is -6.07. The third kappa shape index (κ3) is 5.08. The summed E-state index contributed by atoms with van der Waals surface area (Å²) in [5, 5.41) is 38.1. The molecule has 0 unspecified atom stereocenters. The zero-order chi connectivity index (χ0) is 31.6. The third-order valence-corrected chi connectivity index (χ3v) is 8.53. The first-order chi connectivity index (χ1) is 21.0. The monoisotopic (exact) mass is 608 g/mol. The molecule has 0 radical (unpaired) electrons. The fourth-order valence-electron chi connectivity index (χ4n) is 5.01. The maximum Gasteiger partial charge on any atom is 0.339 e. The van der Waals surface area contributed by atoms with Crippen LogP contribution >= 0.6 is 0 Å². The molecule has 0 fully saturated rings. The molecule has 5 aromatic rings. The van der Waals surface area contributed by atoms with Gasteiger partial charge in [-0.25, -0.2) is 0 Å². The van der Waals surface area contributed by atoms with Gasteiger partial charge in [0.1, 0.15) is 22.1 Å². The molecule has 0 bridgehead atoms. The van der Waals surface area contributed by atoms with Gasteiger partial charge in [0.25, 0.3) is 5.39 Å². The molecule has 13 nitrogen and oxygen atoms in total. The third-order valence-electron chi connectivity index (χ3n) is 7.24. The summed E-state index contributed by atoms with van der Waals surface area (Å²) in [5.41, 5.74) is 7.99. The normalized spacial score (nSPS) is 12.6. The lowest BCUT2D eigenvalue weighted by Crippen LogP contribution is -2.48. The number of nitrogens with zero attached hydrogens (tertiary/aromatic N) is 6. The van der Waals surface area contributed by atoms with E-state index in [0.717, 1.165) is 17.2 Å². The quantitative estimate of drug-likeness (QED) is 0.0697. The number of aromatic hydroxyl groups is 2. The van der Waals surface area contributed by atoms with Crippen molar-refractivity contribution in [1.29, 1.82) is 5.39 Å². The zero-order valence-electron chi connectivity index (χ0n) is 22.7. The van der Waals surface area contributed by atoms with Crippen LogP contribution in [0, 0.1) is 5.39 Å². The second-order valence-electron chi connectivity index (χ2n) is 9.69. The summed E-state index contributed by atoms with van der Waals surface area (Å²) in [6, 6.07) is 22.8. The number of diazo groups is 1. The predicted octanol–water partition coefficient (Wildman–Crippen LogP) is 3.48.